The second-order valence-corrected chi connectivity index (χ2v) is 4.89. The van der Waals surface area contributed by atoms with Crippen LogP contribution in [0.5, 0.6) is 0 Å². The lowest BCUT2D eigenvalue weighted by Gasteiger charge is -2.02. The number of anilines is 1. The average Bonchev–Trinajstić information content (AvgIpc) is 2.95. The average molecular weight is 301 g/mol. The lowest BCUT2D eigenvalue weighted by Crippen LogP contribution is -2.14. The topological polar surface area (TPSA) is 84.1 Å². The van der Waals surface area contributed by atoms with Crippen molar-refractivity contribution in [2.45, 2.75) is 26.7 Å². The molecule has 116 valence electrons. The molecule has 1 amide bonds. The predicted molar refractivity (Wildman–Crippen MR) is 83.3 cm³/mol. The first-order chi connectivity index (χ1) is 10.6. The highest BCUT2D eigenvalue weighted by Crippen LogP contribution is 2.20. The summed E-state index contributed by atoms with van der Waals surface area (Å²) in [6.45, 7) is 4.07. The fourth-order valence-corrected chi connectivity index (χ4v) is 1.92. The molecule has 0 atom stereocenters. The van der Waals surface area contributed by atoms with E-state index in [1.165, 1.54) is 5.56 Å². The number of amides is 1. The molecule has 0 aliphatic rings. The molecule has 0 fully saturated rings. The van der Waals surface area contributed by atoms with Gasteiger partial charge in [0.1, 0.15) is 0 Å². The maximum Gasteiger partial charge on any atom is 0.306 e. The molecular weight excluding hydrogens is 282 g/mol. The molecular formula is C16H19N3O3. The number of H-pyrrole nitrogens is 1. The van der Waals surface area contributed by atoms with Crippen LogP contribution in [0.15, 0.2) is 30.3 Å². The van der Waals surface area contributed by atoms with Crippen LogP contribution in [0.3, 0.4) is 0 Å². The molecule has 6 nitrogen and oxygen atoms in total. The number of nitrogens with one attached hydrogen (secondary N) is 2. The maximum absolute atomic E-state index is 11.7. The van der Waals surface area contributed by atoms with Crippen LogP contribution >= 0.6 is 0 Å². The van der Waals surface area contributed by atoms with Gasteiger partial charge in [-0.2, -0.15) is 5.10 Å². The third-order valence-corrected chi connectivity index (χ3v) is 3.07. The number of hydrogen-bond donors (Lipinski definition) is 2. The van der Waals surface area contributed by atoms with E-state index in [4.69, 9.17) is 4.74 Å². The standard InChI is InChI=1S/C16H19N3O3/c1-3-22-16(21)9-8-15(20)17-14-10-13(18-19-14)12-6-4-11(2)5-7-12/h4-7,10H,3,8-9H2,1-2H3,(H2,17,18,19,20). The first-order valence-electron chi connectivity index (χ1n) is 7.16. The number of carbonyl (C=O) groups is 2. The van der Waals surface area contributed by atoms with E-state index < -0.39 is 0 Å². The van der Waals surface area contributed by atoms with Gasteiger partial charge in [0.25, 0.3) is 0 Å². The van der Waals surface area contributed by atoms with Crippen LogP contribution in [0.4, 0.5) is 5.82 Å². The van der Waals surface area contributed by atoms with Gasteiger partial charge in [-0.05, 0) is 19.4 Å². The largest absolute Gasteiger partial charge is 0.466 e. The molecule has 0 saturated heterocycles. The smallest absolute Gasteiger partial charge is 0.306 e. The highest BCUT2D eigenvalue weighted by Gasteiger charge is 2.10. The summed E-state index contributed by atoms with van der Waals surface area (Å²) in [5.41, 5.74) is 2.99. The maximum atomic E-state index is 11.7. The number of aromatic nitrogens is 2. The van der Waals surface area contributed by atoms with Crippen LogP contribution in [-0.4, -0.2) is 28.7 Å². The second kappa shape index (κ2) is 7.40. The van der Waals surface area contributed by atoms with Gasteiger partial charge in [-0.3, -0.25) is 14.7 Å². The zero-order chi connectivity index (χ0) is 15.9. The van der Waals surface area contributed by atoms with E-state index >= 15 is 0 Å². The lowest BCUT2D eigenvalue weighted by atomic mass is 10.1. The fraction of sp³-hybridized carbons (Fsp3) is 0.312. The number of carbonyl (C=O) groups excluding carboxylic acids is 2. The zero-order valence-electron chi connectivity index (χ0n) is 12.7. The van der Waals surface area contributed by atoms with Crippen molar-refractivity contribution in [1.82, 2.24) is 10.2 Å². The van der Waals surface area contributed by atoms with Crippen molar-refractivity contribution in [3.05, 3.63) is 35.9 Å². The number of aryl methyl sites for hydroxylation is 1. The Morgan fingerprint density at radius 2 is 1.95 bits per heavy atom. The van der Waals surface area contributed by atoms with E-state index in [0.29, 0.717) is 12.4 Å². The first kappa shape index (κ1) is 15.8. The van der Waals surface area contributed by atoms with Crippen LogP contribution < -0.4 is 5.32 Å². The highest BCUT2D eigenvalue weighted by atomic mass is 16.5. The summed E-state index contributed by atoms with van der Waals surface area (Å²) in [6, 6.07) is 9.73. The van der Waals surface area contributed by atoms with Crippen molar-refractivity contribution >= 4 is 17.7 Å². The fourth-order valence-electron chi connectivity index (χ4n) is 1.92. The quantitative estimate of drug-likeness (QED) is 0.803. The molecule has 0 radical (unpaired) electrons. The number of hydrogen-bond acceptors (Lipinski definition) is 4. The molecule has 22 heavy (non-hydrogen) atoms. The Bertz CT molecular complexity index is 647. The van der Waals surface area contributed by atoms with Crippen LogP contribution in [0.1, 0.15) is 25.3 Å². The molecule has 0 aliphatic heterocycles. The molecule has 2 aromatic rings. The number of rotatable bonds is 6. The molecule has 0 aliphatic carbocycles. The Morgan fingerprint density at radius 3 is 2.64 bits per heavy atom. The molecule has 1 heterocycles. The highest BCUT2D eigenvalue weighted by molar-refractivity contribution is 5.92. The Hall–Kier alpha value is -2.63. The monoisotopic (exact) mass is 301 g/mol. The number of benzene rings is 1. The zero-order valence-corrected chi connectivity index (χ0v) is 12.7. The van der Waals surface area contributed by atoms with Crippen LogP contribution in [-0.2, 0) is 14.3 Å². The third kappa shape index (κ3) is 4.44. The molecule has 6 heteroatoms. The molecule has 2 rings (SSSR count). The molecule has 0 unspecified atom stereocenters. The molecule has 1 aromatic carbocycles. The Balaban J connectivity index is 1.90. The van der Waals surface area contributed by atoms with Crippen molar-refractivity contribution in [3.63, 3.8) is 0 Å². The van der Waals surface area contributed by atoms with E-state index in [9.17, 15) is 9.59 Å². The number of nitrogens with zero attached hydrogens (tertiary/aromatic N) is 1. The number of ether oxygens (including phenoxy) is 1. The summed E-state index contributed by atoms with van der Waals surface area (Å²) in [5.74, 6) is -0.209. The summed E-state index contributed by atoms with van der Waals surface area (Å²) >= 11 is 0. The summed E-state index contributed by atoms with van der Waals surface area (Å²) in [6.07, 6.45) is 0.139. The van der Waals surface area contributed by atoms with E-state index in [-0.39, 0.29) is 24.7 Å². The Labute approximate surface area is 128 Å². The van der Waals surface area contributed by atoms with E-state index in [0.717, 1.165) is 11.3 Å². The normalized spacial score (nSPS) is 10.3. The van der Waals surface area contributed by atoms with Gasteiger partial charge in [0, 0.05) is 12.5 Å². The minimum Gasteiger partial charge on any atom is -0.466 e. The van der Waals surface area contributed by atoms with Gasteiger partial charge in [-0.25, -0.2) is 0 Å². The minimum absolute atomic E-state index is 0.0644. The van der Waals surface area contributed by atoms with Crippen molar-refractivity contribution in [2.75, 3.05) is 11.9 Å². The van der Waals surface area contributed by atoms with Gasteiger partial charge >= 0.3 is 5.97 Å². The lowest BCUT2D eigenvalue weighted by molar-refractivity contribution is -0.144. The van der Waals surface area contributed by atoms with Gasteiger partial charge in [0.15, 0.2) is 5.82 Å². The third-order valence-electron chi connectivity index (χ3n) is 3.07. The summed E-state index contributed by atoms with van der Waals surface area (Å²) < 4.78 is 4.77. The molecule has 0 spiro atoms. The van der Waals surface area contributed by atoms with E-state index in [1.807, 2.05) is 31.2 Å². The van der Waals surface area contributed by atoms with Crippen molar-refractivity contribution in [2.24, 2.45) is 0 Å². The van der Waals surface area contributed by atoms with Crippen LogP contribution in [0, 0.1) is 6.92 Å². The predicted octanol–water partition coefficient (Wildman–Crippen LogP) is 2.67. The summed E-state index contributed by atoms with van der Waals surface area (Å²) in [7, 11) is 0. The summed E-state index contributed by atoms with van der Waals surface area (Å²) in [5, 5.41) is 9.57. The van der Waals surface area contributed by atoms with E-state index in [1.54, 1.807) is 13.0 Å². The molecule has 1 aromatic heterocycles. The van der Waals surface area contributed by atoms with Gasteiger partial charge in [0.05, 0.1) is 18.7 Å². The van der Waals surface area contributed by atoms with Crippen molar-refractivity contribution in [1.29, 1.82) is 0 Å². The molecule has 0 bridgehead atoms. The Kier molecular flexibility index (Phi) is 5.30. The van der Waals surface area contributed by atoms with Crippen molar-refractivity contribution < 1.29 is 14.3 Å². The second-order valence-electron chi connectivity index (χ2n) is 4.89. The Morgan fingerprint density at radius 1 is 1.23 bits per heavy atom. The van der Waals surface area contributed by atoms with Gasteiger partial charge in [0.2, 0.25) is 5.91 Å². The minimum atomic E-state index is -0.375. The SMILES string of the molecule is CCOC(=O)CCC(=O)Nc1cc(-c2ccc(C)cc2)[nH]n1. The first-order valence-corrected chi connectivity index (χ1v) is 7.16. The van der Waals surface area contributed by atoms with Gasteiger partial charge < -0.3 is 10.1 Å². The molecule has 0 saturated carbocycles. The van der Waals surface area contributed by atoms with Gasteiger partial charge in [-0.1, -0.05) is 29.8 Å². The van der Waals surface area contributed by atoms with Crippen LogP contribution in [0.25, 0.3) is 11.3 Å². The number of esters is 1. The van der Waals surface area contributed by atoms with Crippen LogP contribution in [0.2, 0.25) is 0 Å². The van der Waals surface area contributed by atoms with Gasteiger partial charge in [-0.15, -0.1) is 0 Å². The molecule has 2 N–H and O–H groups in total. The van der Waals surface area contributed by atoms with E-state index in [2.05, 4.69) is 15.5 Å². The number of aromatic amines is 1. The van der Waals surface area contributed by atoms with Crippen molar-refractivity contribution in [3.8, 4) is 11.3 Å². The summed E-state index contributed by atoms with van der Waals surface area (Å²) in [4.78, 5) is 22.9.